The number of benzene rings is 2. The molecule has 2 aromatic carbocycles. The summed E-state index contributed by atoms with van der Waals surface area (Å²) in [6, 6.07) is 18.2. The number of anilines is 1. The van der Waals surface area contributed by atoms with E-state index in [-0.39, 0.29) is 12.7 Å². The number of hydrogen-bond donors (Lipinski definition) is 1. The zero-order chi connectivity index (χ0) is 21.6. The third-order valence-electron chi connectivity index (χ3n) is 5.67. The highest BCUT2D eigenvalue weighted by atomic mass is 16.5. The summed E-state index contributed by atoms with van der Waals surface area (Å²) in [7, 11) is 0. The molecule has 1 fully saturated rings. The molecule has 2 heterocycles. The smallest absolute Gasteiger partial charge is 0.213 e. The summed E-state index contributed by atoms with van der Waals surface area (Å²) in [6.45, 7) is 5.95. The molecule has 162 valence electrons. The maximum Gasteiger partial charge on any atom is 0.213 e. The van der Waals surface area contributed by atoms with Gasteiger partial charge in [-0.2, -0.15) is 0 Å². The highest BCUT2D eigenvalue weighted by molar-refractivity contribution is 5.58. The van der Waals surface area contributed by atoms with E-state index in [0.29, 0.717) is 12.3 Å². The fraction of sp³-hybridized carbons (Fsp3) is 0.346. The Hall–Kier alpha value is -3.05. The van der Waals surface area contributed by atoms with Crippen LogP contribution < -0.4 is 14.4 Å². The quantitative estimate of drug-likeness (QED) is 0.562. The Kier molecular flexibility index (Phi) is 6.73. The van der Waals surface area contributed by atoms with Crippen LogP contribution in [0.5, 0.6) is 17.4 Å². The minimum absolute atomic E-state index is 0.100. The van der Waals surface area contributed by atoms with Crippen molar-refractivity contribution in [1.29, 1.82) is 0 Å². The Bertz CT molecular complexity index is 1000. The van der Waals surface area contributed by atoms with Gasteiger partial charge >= 0.3 is 0 Å². The van der Waals surface area contributed by atoms with Crippen molar-refractivity contribution < 1.29 is 14.6 Å². The first kappa shape index (κ1) is 21.2. The summed E-state index contributed by atoms with van der Waals surface area (Å²) in [4.78, 5) is 6.69. The van der Waals surface area contributed by atoms with Gasteiger partial charge in [0.15, 0.2) is 0 Å². The number of para-hydroxylation sites is 1. The second kappa shape index (κ2) is 9.84. The minimum Gasteiger partial charge on any atom is -0.472 e. The van der Waals surface area contributed by atoms with E-state index in [0.717, 1.165) is 54.2 Å². The number of pyridine rings is 1. The molecule has 0 aliphatic carbocycles. The van der Waals surface area contributed by atoms with Crippen LogP contribution in [0.3, 0.4) is 0 Å². The highest BCUT2D eigenvalue weighted by Gasteiger charge is 2.26. The van der Waals surface area contributed by atoms with E-state index in [2.05, 4.69) is 28.9 Å². The summed E-state index contributed by atoms with van der Waals surface area (Å²) in [5.41, 5.74) is 4.52. The largest absolute Gasteiger partial charge is 0.472 e. The van der Waals surface area contributed by atoms with Crippen LogP contribution in [0.2, 0.25) is 0 Å². The van der Waals surface area contributed by atoms with Crippen LogP contribution in [0.1, 0.15) is 30.0 Å². The van der Waals surface area contributed by atoms with Crippen LogP contribution in [0.15, 0.2) is 60.8 Å². The summed E-state index contributed by atoms with van der Waals surface area (Å²) in [6.07, 6.45) is 4.38. The van der Waals surface area contributed by atoms with Crippen LogP contribution >= 0.6 is 0 Å². The second-order valence-electron chi connectivity index (χ2n) is 7.98. The van der Waals surface area contributed by atoms with Crippen molar-refractivity contribution in [3.05, 3.63) is 77.5 Å². The molecule has 0 amide bonds. The molecular weight excluding hydrogens is 388 g/mol. The number of nitrogens with zero attached hydrogens (tertiary/aromatic N) is 2. The monoisotopic (exact) mass is 418 g/mol. The number of rotatable bonds is 8. The number of hydrogen-bond acceptors (Lipinski definition) is 5. The molecule has 0 spiro atoms. The Morgan fingerprint density at radius 2 is 1.97 bits per heavy atom. The van der Waals surface area contributed by atoms with Crippen molar-refractivity contribution in [2.45, 2.75) is 39.2 Å². The van der Waals surface area contributed by atoms with Crippen molar-refractivity contribution in [1.82, 2.24) is 4.98 Å². The topological polar surface area (TPSA) is 54.8 Å². The minimum atomic E-state index is 0.100. The first-order chi connectivity index (χ1) is 15.2. The van der Waals surface area contributed by atoms with Gasteiger partial charge in [-0.3, -0.25) is 0 Å². The van der Waals surface area contributed by atoms with Gasteiger partial charge in [0.25, 0.3) is 0 Å². The van der Waals surface area contributed by atoms with Gasteiger partial charge in [-0.1, -0.05) is 31.2 Å². The fourth-order valence-corrected chi connectivity index (χ4v) is 4.01. The normalized spacial score (nSPS) is 15.8. The summed E-state index contributed by atoms with van der Waals surface area (Å²) in [5, 5.41) is 9.63. The average molecular weight is 419 g/mol. The van der Waals surface area contributed by atoms with Gasteiger partial charge < -0.3 is 19.5 Å². The van der Waals surface area contributed by atoms with E-state index in [9.17, 15) is 5.11 Å². The lowest BCUT2D eigenvalue weighted by Crippen LogP contribution is -2.25. The zero-order valence-electron chi connectivity index (χ0n) is 18.3. The van der Waals surface area contributed by atoms with Crippen LogP contribution in [-0.2, 0) is 12.8 Å². The Morgan fingerprint density at radius 3 is 2.74 bits per heavy atom. The van der Waals surface area contributed by atoms with Crippen molar-refractivity contribution in [3.8, 4) is 17.4 Å². The second-order valence-corrected chi connectivity index (χ2v) is 7.98. The average Bonchev–Trinajstić information content (AvgIpc) is 3.24. The fourth-order valence-electron chi connectivity index (χ4n) is 4.01. The Labute approximate surface area is 184 Å². The molecular formula is C26H30N2O3. The number of aromatic nitrogens is 1. The molecule has 1 N–H and O–H groups in total. The molecule has 5 heteroatoms. The lowest BCUT2D eigenvalue weighted by molar-refractivity contribution is 0.216. The Balaban J connectivity index is 1.48. The first-order valence-corrected chi connectivity index (χ1v) is 11.0. The molecule has 1 atom stereocenters. The predicted molar refractivity (Wildman–Crippen MR) is 123 cm³/mol. The Morgan fingerprint density at radius 1 is 1.10 bits per heavy atom. The van der Waals surface area contributed by atoms with E-state index in [1.54, 1.807) is 0 Å². The molecule has 3 aromatic rings. The molecule has 0 radical (unpaired) electrons. The van der Waals surface area contributed by atoms with Crippen LogP contribution in [0.4, 0.5) is 5.69 Å². The lowest BCUT2D eigenvalue weighted by Gasteiger charge is -2.23. The molecule has 0 unspecified atom stereocenters. The van der Waals surface area contributed by atoms with Crippen LogP contribution in [-0.4, -0.2) is 35.9 Å². The van der Waals surface area contributed by atoms with Gasteiger partial charge in [0.05, 0.1) is 6.54 Å². The summed E-state index contributed by atoms with van der Waals surface area (Å²) >= 11 is 0. The SMILES string of the molecule is CCc1ccccc1Oc1ccc(N2CC[C@H](Oc3ccc(C)cn3)C2)c(CCO)c1. The van der Waals surface area contributed by atoms with Crippen LogP contribution in [0, 0.1) is 6.92 Å². The van der Waals surface area contributed by atoms with Gasteiger partial charge in [0, 0.05) is 37.5 Å². The van der Waals surface area contributed by atoms with E-state index < -0.39 is 0 Å². The third-order valence-corrected chi connectivity index (χ3v) is 5.67. The van der Waals surface area contributed by atoms with E-state index in [4.69, 9.17) is 9.47 Å². The van der Waals surface area contributed by atoms with Crippen molar-refractivity contribution in [2.75, 3.05) is 24.6 Å². The summed E-state index contributed by atoms with van der Waals surface area (Å²) < 4.78 is 12.3. The molecule has 5 nitrogen and oxygen atoms in total. The first-order valence-electron chi connectivity index (χ1n) is 11.0. The van der Waals surface area contributed by atoms with E-state index in [1.165, 1.54) is 5.56 Å². The number of aryl methyl sites for hydroxylation is 2. The third kappa shape index (κ3) is 5.17. The predicted octanol–water partition coefficient (Wildman–Crippen LogP) is 4.94. The molecule has 1 aliphatic heterocycles. The summed E-state index contributed by atoms with van der Waals surface area (Å²) in [5.74, 6) is 2.35. The maximum atomic E-state index is 9.63. The number of aliphatic hydroxyl groups excluding tert-OH is 1. The molecule has 31 heavy (non-hydrogen) atoms. The lowest BCUT2D eigenvalue weighted by atomic mass is 10.1. The molecule has 1 aliphatic rings. The standard InChI is InChI=1S/C26H30N2O3/c1-3-20-6-4-5-7-25(20)30-22-9-10-24(21(16-22)13-15-29)28-14-12-23(18-28)31-26-11-8-19(2)17-27-26/h4-11,16-17,23,29H,3,12-15,18H2,1-2H3/t23-/m0/s1. The van der Waals surface area contributed by atoms with Crippen molar-refractivity contribution >= 4 is 5.69 Å². The van der Waals surface area contributed by atoms with Gasteiger partial charge in [0.1, 0.15) is 17.6 Å². The van der Waals surface area contributed by atoms with Crippen molar-refractivity contribution in [3.63, 3.8) is 0 Å². The molecule has 1 saturated heterocycles. The maximum absolute atomic E-state index is 9.63. The van der Waals surface area contributed by atoms with Gasteiger partial charge in [-0.25, -0.2) is 4.98 Å². The molecule has 1 aromatic heterocycles. The van der Waals surface area contributed by atoms with E-state index >= 15 is 0 Å². The van der Waals surface area contributed by atoms with Crippen molar-refractivity contribution in [2.24, 2.45) is 0 Å². The number of aliphatic hydroxyl groups is 1. The molecule has 0 bridgehead atoms. The molecule has 0 saturated carbocycles. The zero-order valence-corrected chi connectivity index (χ0v) is 18.3. The number of ether oxygens (including phenoxy) is 2. The van der Waals surface area contributed by atoms with Gasteiger partial charge in [0.2, 0.25) is 5.88 Å². The highest BCUT2D eigenvalue weighted by Crippen LogP contribution is 2.32. The molecule has 4 rings (SSSR count). The van der Waals surface area contributed by atoms with Crippen LogP contribution in [0.25, 0.3) is 0 Å². The van der Waals surface area contributed by atoms with Gasteiger partial charge in [-0.15, -0.1) is 0 Å². The van der Waals surface area contributed by atoms with Gasteiger partial charge in [-0.05, 0) is 60.7 Å². The van der Waals surface area contributed by atoms with E-state index in [1.807, 2.05) is 55.6 Å².